The van der Waals surface area contributed by atoms with Crippen molar-refractivity contribution in [1.29, 1.82) is 0 Å². The average Bonchev–Trinajstić information content (AvgIpc) is 2.81. The van der Waals surface area contributed by atoms with Gasteiger partial charge in [0.1, 0.15) is 0 Å². The molecule has 1 aliphatic rings. The fourth-order valence-corrected chi connectivity index (χ4v) is 3.42. The van der Waals surface area contributed by atoms with Crippen molar-refractivity contribution in [2.75, 3.05) is 25.1 Å². The predicted molar refractivity (Wildman–Crippen MR) is 82.3 cm³/mol. The molecule has 0 aliphatic carbocycles. The highest BCUT2D eigenvalue weighted by atomic mass is 32.1. The first-order valence-corrected chi connectivity index (χ1v) is 8.14. The molecule has 4 nitrogen and oxygen atoms in total. The van der Waals surface area contributed by atoms with Crippen molar-refractivity contribution >= 4 is 22.4 Å². The molecular weight excluding hydrogens is 272 g/mol. The zero-order valence-electron chi connectivity index (χ0n) is 12.6. The summed E-state index contributed by atoms with van der Waals surface area (Å²) in [5, 5.41) is 3.16. The summed E-state index contributed by atoms with van der Waals surface area (Å²) in [6.45, 7) is 6.87. The maximum atomic E-state index is 11.2. The molecule has 1 aromatic heterocycles. The van der Waals surface area contributed by atoms with Crippen LogP contribution in [0.15, 0.2) is 5.38 Å². The molecule has 1 saturated heterocycles. The number of ether oxygens (including phenoxy) is 1. The minimum Gasteiger partial charge on any atom is -0.469 e. The molecule has 0 radical (unpaired) electrons. The molecule has 1 aliphatic heterocycles. The van der Waals surface area contributed by atoms with Crippen LogP contribution in [-0.2, 0) is 16.0 Å². The molecule has 0 spiro atoms. The predicted octanol–water partition coefficient (Wildman–Crippen LogP) is 3.27. The van der Waals surface area contributed by atoms with Gasteiger partial charge in [-0.1, -0.05) is 13.8 Å². The number of aryl methyl sites for hydroxylation is 1. The van der Waals surface area contributed by atoms with Gasteiger partial charge in [-0.2, -0.15) is 0 Å². The van der Waals surface area contributed by atoms with E-state index in [2.05, 4.69) is 33.8 Å². The highest BCUT2D eigenvalue weighted by Crippen LogP contribution is 2.32. The Balaban J connectivity index is 1.93. The second-order valence-electron chi connectivity index (χ2n) is 6.20. The van der Waals surface area contributed by atoms with Gasteiger partial charge in [-0.3, -0.25) is 4.79 Å². The lowest BCUT2D eigenvalue weighted by Crippen LogP contribution is -2.24. The molecule has 1 fully saturated rings. The van der Waals surface area contributed by atoms with Gasteiger partial charge < -0.3 is 9.64 Å². The van der Waals surface area contributed by atoms with Gasteiger partial charge in [-0.15, -0.1) is 11.3 Å². The molecule has 0 atom stereocenters. The Bertz CT molecular complexity index is 456. The summed E-state index contributed by atoms with van der Waals surface area (Å²) in [5.41, 5.74) is 1.44. The van der Waals surface area contributed by atoms with Gasteiger partial charge in [0.25, 0.3) is 0 Å². The van der Waals surface area contributed by atoms with E-state index in [1.165, 1.54) is 26.4 Å². The minimum atomic E-state index is -0.170. The van der Waals surface area contributed by atoms with Crippen LogP contribution in [0.1, 0.15) is 45.2 Å². The summed E-state index contributed by atoms with van der Waals surface area (Å²) in [6, 6.07) is 0. The van der Waals surface area contributed by atoms with Crippen LogP contribution >= 0.6 is 11.3 Å². The highest BCUT2D eigenvalue weighted by Gasteiger charge is 2.24. The van der Waals surface area contributed by atoms with Gasteiger partial charge >= 0.3 is 5.97 Å². The second-order valence-corrected chi connectivity index (χ2v) is 7.04. The van der Waals surface area contributed by atoms with Crippen molar-refractivity contribution in [2.24, 2.45) is 5.41 Å². The van der Waals surface area contributed by atoms with E-state index in [0.717, 1.165) is 23.9 Å². The first kappa shape index (κ1) is 15.3. The normalized spacial score (nSPS) is 18.6. The monoisotopic (exact) mass is 296 g/mol. The van der Waals surface area contributed by atoms with E-state index in [4.69, 9.17) is 0 Å². The third kappa shape index (κ3) is 4.20. The van der Waals surface area contributed by atoms with Crippen molar-refractivity contribution < 1.29 is 9.53 Å². The van der Waals surface area contributed by atoms with E-state index in [0.29, 0.717) is 18.3 Å². The molecule has 0 bridgehead atoms. The Morgan fingerprint density at radius 3 is 3.00 bits per heavy atom. The summed E-state index contributed by atoms with van der Waals surface area (Å²) >= 11 is 1.69. The standard InChI is InChI=1S/C15H24N2O2S/c1-15(2)7-4-9-17(10-8-15)14-16-12(11-20-14)5-6-13(18)19-3/h11H,4-10H2,1-3H3. The average molecular weight is 296 g/mol. The lowest BCUT2D eigenvalue weighted by atomic mass is 9.85. The van der Waals surface area contributed by atoms with Crippen molar-refractivity contribution in [2.45, 2.75) is 46.0 Å². The van der Waals surface area contributed by atoms with Crippen molar-refractivity contribution in [3.63, 3.8) is 0 Å². The molecule has 0 N–H and O–H groups in total. The maximum Gasteiger partial charge on any atom is 0.305 e. The summed E-state index contributed by atoms with van der Waals surface area (Å²) in [5.74, 6) is -0.170. The van der Waals surface area contributed by atoms with Crippen LogP contribution < -0.4 is 4.90 Å². The third-order valence-corrected chi connectivity index (χ3v) is 4.91. The number of rotatable bonds is 4. The smallest absolute Gasteiger partial charge is 0.305 e. The van der Waals surface area contributed by atoms with Crippen LogP contribution in [0.3, 0.4) is 0 Å². The molecular formula is C15H24N2O2S. The Labute approximate surface area is 125 Å². The molecule has 2 rings (SSSR count). The van der Waals surface area contributed by atoms with Crippen molar-refractivity contribution in [1.82, 2.24) is 4.98 Å². The Hall–Kier alpha value is -1.10. The van der Waals surface area contributed by atoms with E-state index in [1.54, 1.807) is 11.3 Å². The van der Waals surface area contributed by atoms with Gasteiger partial charge in [-0.25, -0.2) is 4.98 Å². The second kappa shape index (κ2) is 6.57. The molecule has 2 heterocycles. The molecule has 1 aromatic rings. The number of carbonyl (C=O) groups excluding carboxylic acids is 1. The number of esters is 1. The third-order valence-electron chi connectivity index (χ3n) is 3.96. The number of hydrogen-bond donors (Lipinski definition) is 0. The lowest BCUT2D eigenvalue weighted by Gasteiger charge is -2.22. The highest BCUT2D eigenvalue weighted by molar-refractivity contribution is 7.13. The van der Waals surface area contributed by atoms with E-state index in [1.807, 2.05) is 0 Å². The number of thiazole rings is 1. The van der Waals surface area contributed by atoms with Gasteiger partial charge in [0.15, 0.2) is 5.13 Å². The van der Waals surface area contributed by atoms with E-state index in [-0.39, 0.29) is 5.97 Å². The van der Waals surface area contributed by atoms with Crippen LogP contribution in [0.4, 0.5) is 5.13 Å². The van der Waals surface area contributed by atoms with Crippen molar-refractivity contribution in [3.05, 3.63) is 11.1 Å². The minimum absolute atomic E-state index is 0.170. The van der Waals surface area contributed by atoms with Crippen LogP contribution in [0.25, 0.3) is 0 Å². The van der Waals surface area contributed by atoms with E-state index >= 15 is 0 Å². The Morgan fingerprint density at radius 1 is 1.45 bits per heavy atom. The maximum absolute atomic E-state index is 11.2. The lowest BCUT2D eigenvalue weighted by molar-refractivity contribution is -0.140. The van der Waals surface area contributed by atoms with Gasteiger partial charge in [0.2, 0.25) is 0 Å². The zero-order valence-corrected chi connectivity index (χ0v) is 13.5. The summed E-state index contributed by atoms with van der Waals surface area (Å²) in [7, 11) is 1.42. The van der Waals surface area contributed by atoms with Gasteiger partial charge in [0.05, 0.1) is 19.2 Å². The van der Waals surface area contributed by atoms with Crippen LogP contribution in [0.5, 0.6) is 0 Å². The fourth-order valence-electron chi connectivity index (χ4n) is 2.50. The number of hydrogen-bond acceptors (Lipinski definition) is 5. The molecule has 20 heavy (non-hydrogen) atoms. The van der Waals surface area contributed by atoms with Crippen LogP contribution in [0.2, 0.25) is 0 Å². The Morgan fingerprint density at radius 2 is 2.25 bits per heavy atom. The summed E-state index contributed by atoms with van der Waals surface area (Å²) < 4.78 is 4.66. The molecule has 112 valence electrons. The fraction of sp³-hybridized carbons (Fsp3) is 0.733. The molecule has 0 aromatic carbocycles. The molecule has 0 saturated carbocycles. The largest absolute Gasteiger partial charge is 0.469 e. The zero-order chi connectivity index (χ0) is 14.6. The molecule has 0 unspecified atom stereocenters. The van der Waals surface area contributed by atoms with Gasteiger partial charge in [-0.05, 0) is 24.7 Å². The summed E-state index contributed by atoms with van der Waals surface area (Å²) in [4.78, 5) is 18.2. The summed E-state index contributed by atoms with van der Waals surface area (Å²) in [6.07, 6.45) is 4.80. The van der Waals surface area contributed by atoms with Crippen LogP contribution in [0, 0.1) is 5.41 Å². The first-order chi connectivity index (χ1) is 9.50. The number of methoxy groups -OCH3 is 1. The topological polar surface area (TPSA) is 42.4 Å². The molecule has 5 heteroatoms. The Kier molecular flexibility index (Phi) is 5.02. The van der Waals surface area contributed by atoms with E-state index < -0.39 is 0 Å². The van der Waals surface area contributed by atoms with Crippen LogP contribution in [-0.4, -0.2) is 31.2 Å². The van der Waals surface area contributed by atoms with Crippen molar-refractivity contribution in [3.8, 4) is 0 Å². The van der Waals surface area contributed by atoms with E-state index in [9.17, 15) is 4.79 Å². The number of aromatic nitrogens is 1. The quantitative estimate of drug-likeness (QED) is 0.800. The number of nitrogens with zero attached hydrogens (tertiary/aromatic N) is 2. The molecule has 0 amide bonds. The SMILES string of the molecule is COC(=O)CCc1csc(N2CCCC(C)(C)CC2)n1. The number of carbonyl (C=O) groups is 1. The number of anilines is 1. The first-order valence-electron chi connectivity index (χ1n) is 7.26. The van der Waals surface area contributed by atoms with Gasteiger partial charge in [0, 0.05) is 24.9 Å².